The summed E-state index contributed by atoms with van der Waals surface area (Å²) in [5.41, 5.74) is 1.37. The zero-order valence-corrected chi connectivity index (χ0v) is 11.5. The van der Waals surface area contributed by atoms with Crippen molar-refractivity contribution >= 4 is 28.6 Å². The van der Waals surface area contributed by atoms with Gasteiger partial charge in [0.2, 0.25) is 0 Å². The molecule has 2 aromatic carbocycles. The number of carbonyl (C=O) groups is 1. The van der Waals surface area contributed by atoms with Crippen LogP contribution in [0.2, 0.25) is 5.02 Å². The van der Waals surface area contributed by atoms with Gasteiger partial charge in [0, 0.05) is 17.5 Å². The van der Waals surface area contributed by atoms with Crippen LogP contribution in [0.5, 0.6) is 0 Å². The average Bonchev–Trinajstić information content (AvgIpc) is 2.81. The number of aromatic carboxylic acids is 1. The molecule has 2 N–H and O–H groups in total. The van der Waals surface area contributed by atoms with Gasteiger partial charge in [-0.1, -0.05) is 29.8 Å². The van der Waals surface area contributed by atoms with E-state index in [0.29, 0.717) is 28.3 Å². The summed E-state index contributed by atoms with van der Waals surface area (Å²) >= 11 is 6.09. The number of nitrogens with one attached hydrogen (secondary N) is 1. The highest BCUT2D eigenvalue weighted by molar-refractivity contribution is 6.31. The number of imidazole rings is 1. The Bertz CT molecular complexity index is 845. The first-order valence-electron chi connectivity index (χ1n) is 6.19. The van der Waals surface area contributed by atoms with E-state index in [9.17, 15) is 9.18 Å². The number of halogens is 2. The summed E-state index contributed by atoms with van der Waals surface area (Å²) in [5.74, 6) is -1.51. The summed E-state index contributed by atoms with van der Waals surface area (Å²) < 4.78 is 13.6. The molecular formula is C15H10ClFN2O2. The molecule has 0 unspecified atom stereocenters. The van der Waals surface area contributed by atoms with E-state index in [2.05, 4.69) is 9.97 Å². The summed E-state index contributed by atoms with van der Waals surface area (Å²) in [7, 11) is 0. The van der Waals surface area contributed by atoms with Gasteiger partial charge >= 0.3 is 5.97 Å². The van der Waals surface area contributed by atoms with Gasteiger partial charge in [0.15, 0.2) is 0 Å². The second-order valence-electron chi connectivity index (χ2n) is 4.61. The smallest absolute Gasteiger partial charge is 0.338 e. The lowest BCUT2D eigenvalue weighted by molar-refractivity contribution is 0.0692. The molecule has 0 aliphatic rings. The van der Waals surface area contributed by atoms with Crippen LogP contribution in [0.4, 0.5) is 4.39 Å². The molecule has 0 aliphatic heterocycles. The number of carboxylic acids is 1. The quantitative estimate of drug-likeness (QED) is 0.776. The molecule has 0 bridgehead atoms. The third-order valence-electron chi connectivity index (χ3n) is 3.17. The summed E-state index contributed by atoms with van der Waals surface area (Å²) in [6.45, 7) is 0. The van der Waals surface area contributed by atoms with Crippen LogP contribution in [0.3, 0.4) is 0 Å². The maximum absolute atomic E-state index is 13.6. The van der Waals surface area contributed by atoms with Gasteiger partial charge in [0.1, 0.15) is 11.6 Å². The van der Waals surface area contributed by atoms with E-state index in [1.54, 1.807) is 6.07 Å². The van der Waals surface area contributed by atoms with Gasteiger partial charge in [-0.05, 0) is 17.7 Å². The van der Waals surface area contributed by atoms with Crippen molar-refractivity contribution in [3.05, 3.63) is 64.2 Å². The monoisotopic (exact) mass is 304 g/mol. The highest BCUT2D eigenvalue weighted by atomic mass is 35.5. The number of carboxylic acid groups (broad SMARTS) is 1. The minimum absolute atomic E-state index is 0.390. The summed E-state index contributed by atoms with van der Waals surface area (Å²) in [6.07, 6.45) is 0.457. The lowest BCUT2D eigenvalue weighted by Crippen LogP contribution is -1.99. The molecular weight excluding hydrogens is 295 g/mol. The van der Waals surface area contributed by atoms with E-state index < -0.39 is 17.3 Å². The second kappa shape index (κ2) is 5.18. The molecule has 0 saturated carbocycles. The first-order valence-corrected chi connectivity index (χ1v) is 6.57. The fourth-order valence-corrected chi connectivity index (χ4v) is 2.36. The first-order chi connectivity index (χ1) is 10.0. The van der Waals surface area contributed by atoms with E-state index in [0.717, 1.165) is 11.6 Å². The number of aromatic amines is 1. The van der Waals surface area contributed by atoms with Crippen molar-refractivity contribution in [3.8, 4) is 0 Å². The van der Waals surface area contributed by atoms with Crippen LogP contribution < -0.4 is 0 Å². The van der Waals surface area contributed by atoms with Gasteiger partial charge in [-0.25, -0.2) is 14.2 Å². The van der Waals surface area contributed by atoms with Crippen LogP contribution in [0.15, 0.2) is 36.4 Å². The molecule has 1 aromatic heterocycles. The van der Waals surface area contributed by atoms with Crippen LogP contribution in [0, 0.1) is 5.82 Å². The third kappa shape index (κ3) is 2.60. The lowest BCUT2D eigenvalue weighted by Gasteiger charge is -2.00. The molecule has 0 saturated heterocycles. The number of H-pyrrole nitrogens is 1. The fraction of sp³-hybridized carbons (Fsp3) is 0.0667. The van der Waals surface area contributed by atoms with Crippen molar-refractivity contribution in [2.45, 2.75) is 6.42 Å². The van der Waals surface area contributed by atoms with Crippen LogP contribution in [-0.4, -0.2) is 21.0 Å². The van der Waals surface area contributed by atoms with Crippen molar-refractivity contribution in [2.24, 2.45) is 0 Å². The van der Waals surface area contributed by atoms with Gasteiger partial charge in [-0.15, -0.1) is 0 Å². The largest absolute Gasteiger partial charge is 0.478 e. The Morgan fingerprint density at radius 3 is 2.81 bits per heavy atom. The molecule has 1 heterocycles. The average molecular weight is 305 g/mol. The fourth-order valence-electron chi connectivity index (χ4n) is 2.15. The highest BCUT2D eigenvalue weighted by Crippen LogP contribution is 2.21. The number of rotatable bonds is 3. The van der Waals surface area contributed by atoms with Crippen LogP contribution >= 0.6 is 11.6 Å². The zero-order valence-electron chi connectivity index (χ0n) is 10.7. The van der Waals surface area contributed by atoms with Gasteiger partial charge in [0.25, 0.3) is 0 Å². The van der Waals surface area contributed by atoms with E-state index in [-0.39, 0.29) is 0 Å². The molecule has 0 amide bonds. The Hall–Kier alpha value is -2.40. The maximum Gasteiger partial charge on any atom is 0.338 e. The van der Waals surface area contributed by atoms with Gasteiger partial charge in [0.05, 0.1) is 16.6 Å². The van der Waals surface area contributed by atoms with Gasteiger partial charge in [-0.3, -0.25) is 0 Å². The molecule has 0 fully saturated rings. The molecule has 0 radical (unpaired) electrons. The zero-order chi connectivity index (χ0) is 15.0. The molecule has 0 aliphatic carbocycles. The van der Waals surface area contributed by atoms with Crippen molar-refractivity contribution in [1.82, 2.24) is 9.97 Å². The van der Waals surface area contributed by atoms with E-state index in [1.165, 1.54) is 6.07 Å². The molecule has 6 heteroatoms. The van der Waals surface area contributed by atoms with Crippen molar-refractivity contribution in [2.75, 3.05) is 0 Å². The van der Waals surface area contributed by atoms with Crippen LogP contribution in [0.25, 0.3) is 11.0 Å². The second-order valence-corrected chi connectivity index (χ2v) is 5.01. The van der Waals surface area contributed by atoms with Gasteiger partial charge < -0.3 is 10.1 Å². The number of hydrogen-bond donors (Lipinski definition) is 2. The minimum atomic E-state index is -1.31. The predicted octanol–water partition coefficient (Wildman–Crippen LogP) is 3.64. The molecule has 0 atom stereocenters. The Morgan fingerprint density at radius 2 is 2.10 bits per heavy atom. The van der Waals surface area contributed by atoms with Crippen LogP contribution in [0.1, 0.15) is 21.7 Å². The highest BCUT2D eigenvalue weighted by Gasteiger charge is 2.14. The molecule has 3 rings (SSSR count). The number of hydrogen-bond acceptors (Lipinski definition) is 2. The maximum atomic E-state index is 13.6. The Balaban J connectivity index is 2.02. The normalized spacial score (nSPS) is 11.0. The number of nitrogens with zero attached hydrogens (tertiary/aromatic N) is 1. The van der Waals surface area contributed by atoms with E-state index in [1.807, 2.05) is 18.2 Å². The topological polar surface area (TPSA) is 66.0 Å². The van der Waals surface area contributed by atoms with E-state index >= 15 is 0 Å². The third-order valence-corrected chi connectivity index (χ3v) is 3.53. The predicted molar refractivity (Wildman–Crippen MR) is 77.3 cm³/mol. The lowest BCUT2D eigenvalue weighted by atomic mass is 10.1. The Kier molecular flexibility index (Phi) is 3.35. The molecule has 21 heavy (non-hydrogen) atoms. The molecule has 106 valence electrons. The summed E-state index contributed by atoms with van der Waals surface area (Å²) in [4.78, 5) is 18.2. The van der Waals surface area contributed by atoms with Crippen LogP contribution in [-0.2, 0) is 6.42 Å². The molecule has 3 aromatic rings. The van der Waals surface area contributed by atoms with E-state index in [4.69, 9.17) is 16.7 Å². The van der Waals surface area contributed by atoms with Crippen molar-refractivity contribution in [3.63, 3.8) is 0 Å². The number of aromatic nitrogens is 2. The van der Waals surface area contributed by atoms with Gasteiger partial charge in [-0.2, -0.15) is 0 Å². The standard InChI is InChI=1S/C15H10ClFN2O2/c16-10-4-2-1-3-8(10)5-14-18-12-6-9(15(20)21)11(17)7-13(12)19-14/h1-4,6-7H,5H2,(H,18,19)(H,20,21). The summed E-state index contributed by atoms with van der Waals surface area (Å²) in [5, 5.41) is 9.53. The van der Waals surface area contributed by atoms with Crippen molar-refractivity contribution < 1.29 is 14.3 Å². The first kappa shape index (κ1) is 13.6. The molecule has 0 spiro atoms. The Labute approximate surface area is 124 Å². The summed E-state index contributed by atoms with van der Waals surface area (Å²) in [6, 6.07) is 9.72. The Morgan fingerprint density at radius 1 is 1.33 bits per heavy atom. The molecule has 4 nitrogen and oxygen atoms in total. The SMILES string of the molecule is O=C(O)c1cc2nc(Cc3ccccc3Cl)[nH]c2cc1F. The van der Waals surface area contributed by atoms with Crippen molar-refractivity contribution in [1.29, 1.82) is 0 Å². The number of benzene rings is 2. The number of fused-ring (bicyclic) bond motifs is 1. The minimum Gasteiger partial charge on any atom is -0.478 e.